The second-order valence-corrected chi connectivity index (χ2v) is 13.6. The minimum Gasteiger partial charge on any atom is -0.466 e. The first-order valence-electron chi connectivity index (χ1n) is 17.7. The molecule has 0 radical (unpaired) electrons. The minimum atomic E-state index is -1.19. The van der Waals surface area contributed by atoms with E-state index in [4.69, 9.17) is 14.6 Å². The van der Waals surface area contributed by atoms with Gasteiger partial charge in [-0.2, -0.15) is 5.10 Å². The summed E-state index contributed by atoms with van der Waals surface area (Å²) in [5.74, 6) is -1.35. The van der Waals surface area contributed by atoms with Crippen molar-refractivity contribution >= 4 is 23.6 Å². The molecule has 2 aromatic carbocycles. The molecule has 0 aromatic heterocycles. The number of esters is 2. The third-order valence-corrected chi connectivity index (χ3v) is 11.0. The van der Waals surface area contributed by atoms with E-state index in [1.54, 1.807) is 5.01 Å². The van der Waals surface area contributed by atoms with Crippen LogP contribution >= 0.6 is 0 Å². The van der Waals surface area contributed by atoms with Crippen molar-refractivity contribution in [1.29, 1.82) is 0 Å². The lowest BCUT2D eigenvalue weighted by atomic mass is 9.58. The van der Waals surface area contributed by atoms with Crippen LogP contribution in [0.15, 0.2) is 82.6 Å². The molecular formula is C41H51N3O5. The number of amides is 1. The molecule has 1 amide bonds. The van der Waals surface area contributed by atoms with Gasteiger partial charge < -0.3 is 14.8 Å². The van der Waals surface area contributed by atoms with Crippen molar-refractivity contribution in [3.63, 3.8) is 0 Å². The van der Waals surface area contributed by atoms with Gasteiger partial charge >= 0.3 is 11.9 Å². The molecule has 1 aliphatic carbocycles. The van der Waals surface area contributed by atoms with E-state index >= 15 is 0 Å². The standard InChI is InChI=1S/C41H51N3O5/c1-8-9-10-11-12-13-14-15-16-19-24-42-35(45)26-30-22-23-32-31-20-17-18-21-33(31)41(34(32)25-30)36(38(46)48-6)37(39(47)49-7)44-40(41,5)28(3)27(2)29(4)43-44/h8,17-18,20-23,25H,1,9-16,19,24,26H2,2-7H3,(H,42,45). The SMILES string of the molecule is C=CCCCCCCCCCCNC(=O)Cc1ccc2c(c1)C1(C(C(=O)OC)=C(C(=O)OC)N3N=C(C)C(C)=C(C)C31C)c1ccccc1-2. The molecule has 49 heavy (non-hydrogen) atoms. The Morgan fingerprint density at radius 3 is 2.16 bits per heavy atom. The summed E-state index contributed by atoms with van der Waals surface area (Å²) >= 11 is 0. The van der Waals surface area contributed by atoms with E-state index in [-0.39, 0.29) is 23.6 Å². The van der Waals surface area contributed by atoms with Crippen molar-refractivity contribution in [2.24, 2.45) is 5.10 Å². The maximum atomic E-state index is 14.1. The Hall–Kier alpha value is -4.46. The number of nitrogens with one attached hydrogen (secondary N) is 1. The summed E-state index contributed by atoms with van der Waals surface area (Å²) in [5, 5.41) is 9.73. The van der Waals surface area contributed by atoms with Crippen molar-refractivity contribution in [2.75, 3.05) is 20.8 Å². The summed E-state index contributed by atoms with van der Waals surface area (Å²) in [6.07, 6.45) is 12.8. The fourth-order valence-electron chi connectivity index (χ4n) is 8.18. The molecular weight excluding hydrogens is 614 g/mol. The average Bonchev–Trinajstić information content (AvgIpc) is 3.52. The lowest BCUT2D eigenvalue weighted by Crippen LogP contribution is -2.57. The highest BCUT2D eigenvalue weighted by Crippen LogP contribution is 2.66. The number of allylic oxidation sites excluding steroid dienone is 2. The van der Waals surface area contributed by atoms with Crippen LogP contribution in [0.3, 0.4) is 0 Å². The summed E-state index contributed by atoms with van der Waals surface area (Å²) in [7, 11) is 2.63. The zero-order chi connectivity index (χ0) is 35.3. The molecule has 2 atom stereocenters. The van der Waals surface area contributed by atoms with Gasteiger partial charge in [0.15, 0.2) is 5.70 Å². The molecule has 1 N–H and O–H groups in total. The number of rotatable bonds is 15. The second-order valence-electron chi connectivity index (χ2n) is 13.6. The maximum Gasteiger partial charge on any atom is 0.356 e. The number of unbranched alkanes of at least 4 members (excludes halogenated alkanes) is 8. The first kappa shape index (κ1) is 35.8. The van der Waals surface area contributed by atoms with E-state index in [1.807, 2.05) is 76.2 Å². The van der Waals surface area contributed by atoms with Gasteiger partial charge in [-0.1, -0.05) is 87.1 Å². The molecule has 2 heterocycles. The number of nitrogens with zero attached hydrogens (tertiary/aromatic N) is 2. The van der Waals surface area contributed by atoms with Crippen LogP contribution in [0.4, 0.5) is 0 Å². The Morgan fingerprint density at radius 2 is 1.49 bits per heavy atom. The van der Waals surface area contributed by atoms with Gasteiger partial charge in [0.25, 0.3) is 0 Å². The van der Waals surface area contributed by atoms with Crippen LogP contribution in [-0.4, -0.2) is 54.9 Å². The number of fused-ring (bicyclic) bond motifs is 7. The lowest BCUT2D eigenvalue weighted by molar-refractivity contribution is -0.140. The number of ether oxygens (including phenoxy) is 2. The summed E-state index contributed by atoms with van der Waals surface area (Å²) in [5.41, 5.74) is 5.14. The normalized spacial score (nSPS) is 20.5. The molecule has 2 aliphatic heterocycles. The molecule has 0 fully saturated rings. The largest absolute Gasteiger partial charge is 0.466 e. The van der Waals surface area contributed by atoms with Crippen LogP contribution in [0, 0.1) is 0 Å². The first-order chi connectivity index (χ1) is 23.6. The van der Waals surface area contributed by atoms with Gasteiger partial charge in [-0.05, 0) is 85.9 Å². The topological polar surface area (TPSA) is 97.3 Å². The number of hydrogen-bond donors (Lipinski definition) is 1. The molecule has 0 saturated heterocycles. The Morgan fingerprint density at radius 1 is 0.857 bits per heavy atom. The highest BCUT2D eigenvalue weighted by Gasteiger charge is 2.70. The predicted molar refractivity (Wildman–Crippen MR) is 194 cm³/mol. The Bertz CT molecular complexity index is 1740. The van der Waals surface area contributed by atoms with Gasteiger partial charge in [0.2, 0.25) is 5.91 Å². The zero-order valence-corrected chi connectivity index (χ0v) is 30.0. The van der Waals surface area contributed by atoms with Crippen molar-refractivity contribution in [2.45, 2.75) is 103 Å². The van der Waals surface area contributed by atoms with Gasteiger partial charge in [-0.15, -0.1) is 6.58 Å². The Balaban J connectivity index is 1.47. The number of carbonyl (C=O) groups is 3. The molecule has 3 aliphatic rings. The summed E-state index contributed by atoms with van der Waals surface area (Å²) in [6, 6.07) is 14.0. The van der Waals surface area contributed by atoms with Crippen LogP contribution < -0.4 is 5.32 Å². The highest BCUT2D eigenvalue weighted by molar-refractivity contribution is 6.09. The average molecular weight is 666 g/mol. The molecule has 2 aromatic rings. The van der Waals surface area contributed by atoms with Crippen molar-refractivity contribution < 1.29 is 23.9 Å². The minimum absolute atomic E-state index is 0.0465. The number of hydrogen-bond acceptors (Lipinski definition) is 7. The monoisotopic (exact) mass is 665 g/mol. The Labute approximate surface area is 291 Å². The Kier molecular flexibility index (Phi) is 11.0. The van der Waals surface area contributed by atoms with E-state index in [9.17, 15) is 14.4 Å². The first-order valence-corrected chi connectivity index (χ1v) is 17.7. The van der Waals surface area contributed by atoms with E-state index in [1.165, 1.54) is 52.7 Å². The van der Waals surface area contributed by atoms with Gasteiger partial charge in [-0.3, -0.25) is 4.79 Å². The van der Waals surface area contributed by atoms with Crippen LogP contribution in [0.25, 0.3) is 11.1 Å². The fourth-order valence-corrected chi connectivity index (χ4v) is 8.18. The summed E-state index contributed by atoms with van der Waals surface area (Å²) in [6.45, 7) is 12.4. The van der Waals surface area contributed by atoms with Crippen LogP contribution in [0.2, 0.25) is 0 Å². The third-order valence-electron chi connectivity index (χ3n) is 11.0. The third kappa shape index (κ3) is 6.04. The van der Waals surface area contributed by atoms with Gasteiger partial charge in [0.05, 0.1) is 37.3 Å². The number of carbonyl (C=O) groups excluding carboxylic acids is 3. The quantitative estimate of drug-likeness (QED) is 0.119. The van der Waals surface area contributed by atoms with E-state index < -0.39 is 22.9 Å². The molecule has 8 nitrogen and oxygen atoms in total. The molecule has 2 unspecified atom stereocenters. The van der Waals surface area contributed by atoms with Gasteiger partial charge in [0.1, 0.15) is 5.54 Å². The van der Waals surface area contributed by atoms with E-state index in [0.717, 1.165) is 63.9 Å². The van der Waals surface area contributed by atoms with Gasteiger partial charge in [-0.25, -0.2) is 14.6 Å². The molecule has 0 saturated carbocycles. The van der Waals surface area contributed by atoms with Crippen molar-refractivity contribution in [3.8, 4) is 11.1 Å². The van der Waals surface area contributed by atoms with Crippen LogP contribution in [-0.2, 0) is 35.7 Å². The van der Waals surface area contributed by atoms with Crippen LogP contribution in [0.1, 0.15) is 102 Å². The second kappa shape index (κ2) is 15.0. The molecule has 8 heteroatoms. The maximum absolute atomic E-state index is 14.1. The predicted octanol–water partition coefficient (Wildman–Crippen LogP) is 7.71. The van der Waals surface area contributed by atoms with Crippen molar-refractivity contribution in [1.82, 2.24) is 10.3 Å². The van der Waals surface area contributed by atoms with E-state index in [0.29, 0.717) is 6.54 Å². The molecule has 1 spiro atoms. The smallest absolute Gasteiger partial charge is 0.356 e. The fraction of sp³-hybridized carbons (Fsp3) is 0.463. The number of hydrazone groups is 1. The van der Waals surface area contributed by atoms with Crippen LogP contribution in [0.5, 0.6) is 0 Å². The lowest BCUT2D eigenvalue weighted by Gasteiger charge is -2.50. The summed E-state index contributed by atoms with van der Waals surface area (Å²) < 4.78 is 10.8. The summed E-state index contributed by atoms with van der Waals surface area (Å²) in [4.78, 5) is 41.0. The number of benzene rings is 2. The molecule has 260 valence electrons. The van der Waals surface area contributed by atoms with Gasteiger partial charge in [0, 0.05) is 6.54 Å². The highest BCUT2D eigenvalue weighted by atomic mass is 16.5. The van der Waals surface area contributed by atoms with Crippen molar-refractivity contribution in [3.05, 3.63) is 94.2 Å². The number of methoxy groups -OCH3 is 2. The molecule has 5 rings (SSSR count). The zero-order valence-electron chi connectivity index (χ0n) is 30.0. The molecule has 0 bridgehead atoms. The van der Waals surface area contributed by atoms with E-state index in [2.05, 4.69) is 11.9 Å².